The van der Waals surface area contributed by atoms with Crippen molar-refractivity contribution in [3.63, 3.8) is 0 Å². The molecule has 0 N–H and O–H groups in total. The molecule has 1 aromatic carbocycles. The van der Waals surface area contributed by atoms with E-state index < -0.39 is 11.9 Å². The fraction of sp³-hybridized carbons (Fsp3) is 0.267. The summed E-state index contributed by atoms with van der Waals surface area (Å²) in [5, 5.41) is 0. The number of anilines is 1. The Balaban J connectivity index is 2.26. The van der Waals surface area contributed by atoms with Crippen LogP contribution < -0.4 is 4.90 Å². The van der Waals surface area contributed by atoms with E-state index in [1.165, 1.54) is 6.07 Å². The van der Waals surface area contributed by atoms with Gasteiger partial charge in [0.2, 0.25) is 0 Å². The molecule has 0 fully saturated rings. The second-order valence-electron chi connectivity index (χ2n) is 4.47. The van der Waals surface area contributed by atoms with E-state index in [-0.39, 0.29) is 5.82 Å². The predicted octanol–water partition coefficient (Wildman–Crippen LogP) is 4.35. The molecule has 0 bridgehead atoms. The summed E-state index contributed by atoms with van der Waals surface area (Å²) in [6.45, 7) is 0.882. The molecule has 112 valence electrons. The first kappa shape index (κ1) is 15.6. The molecule has 0 radical (unpaired) electrons. The van der Waals surface area contributed by atoms with Crippen LogP contribution in [0, 0.1) is 0 Å². The van der Waals surface area contributed by atoms with E-state index in [1.807, 2.05) is 30.3 Å². The number of alkyl halides is 4. The molecule has 0 amide bonds. The SMILES string of the molecule is FC(F)(F)c1cccc(N(CCCl)Cc2ccccc2)n1. The number of benzene rings is 1. The van der Waals surface area contributed by atoms with Crippen LogP contribution in [0.3, 0.4) is 0 Å². The van der Waals surface area contributed by atoms with Gasteiger partial charge in [-0.3, -0.25) is 0 Å². The minimum absolute atomic E-state index is 0.273. The van der Waals surface area contributed by atoms with E-state index in [0.717, 1.165) is 11.6 Å². The number of halogens is 4. The molecule has 0 aliphatic heterocycles. The van der Waals surface area contributed by atoms with Gasteiger partial charge in [0.15, 0.2) is 0 Å². The normalized spacial score (nSPS) is 11.4. The lowest BCUT2D eigenvalue weighted by atomic mass is 10.2. The Morgan fingerprint density at radius 3 is 2.33 bits per heavy atom. The van der Waals surface area contributed by atoms with Gasteiger partial charge in [-0.25, -0.2) is 4.98 Å². The number of pyridine rings is 1. The topological polar surface area (TPSA) is 16.1 Å². The van der Waals surface area contributed by atoms with Crippen molar-refractivity contribution in [1.82, 2.24) is 4.98 Å². The second kappa shape index (κ2) is 6.80. The molecule has 2 aromatic rings. The Morgan fingerprint density at radius 1 is 1.00 bits per heavy atom. The highest BCUT2D eigenvalue weighted by molar-refractivity contribution is 6.18. The third-order valence-electron chi connectivity index (χ3n) is 2.92. The minimum Gasteiger partial charge on any atom is -0.351 e. The Kier molecular flexibility index (Phi) is 5.07. The Morgan fingerprint density at radius 2 is 1.71 bits per heavy atom. The summed E-state index contributed by atoms with van der Waals surface area (Å²) < 4.78 is 38.2. The Bertz CT molecular complexity index is 573. The van der Waals surface area contributed by atoms with Crippen molar-refractivity contribution in [2.45, 2.75) is 12.7 Å². The first-order valence-electron chi connectivity index (χ1n) is 6.40. The summed E-state index contributed by atoms with van der Waals surface area (Å²) in [4.78, 5) is 5.44. The van der Waals surface area contributed by atoms with Crippen LogP contribution in [0.2, 0.25) is 0 Å². The van der Waals surface area contributed by atoms with E-state index in [4.69, 9.17) is 11.6 Å². The van der Waals surface area contributed by atoms with Gasteiger partial charge in [-0.15, -0.1) is 11.6 Å². The first-order valence-corrected chi connectivity index (χ1v) is 6.93. The number of aromatic nitrogens is 1. The highest BCUT2D eigenvalue weighted by Crippen LogP contribution is 2.29. The van der Waals surface area contributed by atoms with E-state index in [9.17, 15) is 13.2 Å². The van der Waals surface area contributed by atoms with Gasteiger partial charge in [-0.2, -0.15) is 13.2 Å². The average molecular weight is 315 g/mol. The zero-order valence-corrected chi connectivity index (χ0v) is 11.9. The maximum Gasteiger partial charge on any atom is 0.433 e. The Labute approximate surface area is 126 Å². The summed E-state index contributed by atoms with van der Waals surface area (Å²) >= 11 is 5.75. The van der Waals surface area contributed by atoms with Crippen LogP contribution in [0.5, 0.6) is 0 Å². The van der Waals surface area contributed by atoms with Crippen molar-refractivity contribution < 1.29 is 13.2 Å². The molecule has 21 heavy (non-hydrogen) atoms. The van der Waals surface area contributed by atoms with E-state index in [0.29, 0.717) is 19.0 Å². The van der Waals surface area contributed by atoms with Crippen molar-refractivity contribution in [3.05, 3.63) is 59.8 Å². The van der Waals surface area contributed by atoms with Crippen LogP contribution in [0.25, 0.3) is 0 Å². The Hall–Kier alpha value is -1.75. The molecule has 0 atom stereocenters. The van der Waals surface area contributed by atoms with Gasteiger partial charge in [0.1, 0.15) is 11.5 Å². The molecule has 0 unspecified atom stereocenters. The fourth-order valence-corrected chi connectivity index (χ4v) is 2.14. The average Bonchev–Trinajstić information content (AvgIpc) is 2.47. The number of rotatable bonds is 5. The van der Waals surface area contributed by atoms with Crippen LogP contribution in [0.4, 0.5) is 19.0 Å². The van der Waals surface area contributed by atoms with Gasteiger partial charge in [-0.05, 0) is 17.7 Å². The number of nitrogens with zero attached hydrogens (tertiary/aromatic N) is 2. The zero-order chi connectivity index (χ0) is 15.3. The van der Waals surface area contributed by atoms with Crippen molar-refractivity contribution >= 4 is 17.4 Å². The molecule has 0 aliphatic rings. The number of hydrogen-bond donors (Lipinski definition) is 0. The molecule has 0 saturated heterocycles. The summed E-state index contributed by atoms with van der Waals surface area (Å²) in [7, 11) is 0. The smallest absolute Gasteiger partial charge is 0.351 e. The molecule has 1 aromatic heterocycles. The lowest BCUT2D eigenvalue weighted by Gasteiger charge is -2.23. The van der Waals surface area contributed by atoms with Gasteiger partial charge >= 0.3 is 6.18 Å². The van der Waals surface area contributed by atoms with Crippen molar-refractivity contribution in [2.24, 2.45) is 0 Å². The molecule has 6 heteroatoms. The van der Waals surface area contributed by atoms with Crippen molar-refractivity contribution in [1.29, 1.82) is 0 Å². The van der Waals surface area contributed by atoms with Crippen molar-refractivity contribution in [2.75, 3.05) is 17.3 Å². The summed E-state index contributed by atoms with van der Waals surface area (Å²) in [5.74, 6) is 0.583. The summed E-state index contributed by atoms with van der Waals surface area (Å²) in [6.07, 6.45) is -4.45. The molecule has 0 saturated carbocycles. The standard InChI is InChI=1S/C15H14ClF3N2/c16-9-10-21(11-12-5-2-1-3-6-12)14-8-4-7-13(20-14)15(17,18)19/h1-8H,9-11H2. The van der Waals surface area contributed by atoms with Gasteiger partial charge in [0.25, 0.3) is 0 Å². The molecule has 0 spiro atoms. The van der Waals surface area contributed by atoms with Crippen LogP contribution in [-0.4, -0.2) is 17.4 Å². The third kappa shape index (κ3) is 4.36. The van der Waals surface area contributed by atoms with Crippen molar-refractivity contribution in [3.8, 4) is 0 Å². The summed E-state index contributed by atoms with van der Waals surface area (Å²) in [6, 6.07) is 13.4. The van der Waals surface area contributed by atoms with Crippen LogP contribution in [-0.2, 0) is 12.7 Å². The minimum atomic E-state index is -4.45. The largest absolute Gasteiger partial charge is 0.433 e. The molecular formula is C15H14ClF3N2. The van der Waals surface area contributed by atoms with Gasteiger partial charge in [-0.1, -0.05) is 36.4 Å². The van der Waals surface area contributed by atoms with Gasteiger partial charge < -0.3 is 4.90 Å². The van der Waals surface area contributed by atoms with Gasteiger partial charge in [0.05, 0.1) is 0 Å². The quantitative estimate of drug-likeness (QED) is 0.763. The van der Waals surface area contributed by atoms with E-state index in [2.05, 4.69) is 4.98 Å². The van der Waals surface area contributed by atoms with E-state index >= 15 is 0 Å². The monoisotopic (exact) mass is 314 g/mol. The fourth-order valence-electron chi connectivity index (χ4n) is 1.94. The first-order chi connectivity index (χ1) is 10.0. The zero-order valence-electron chi connectivity index (χ0n) is 11.1. The highest BCUT2D eigenvalue weighted by Gasteiger charge is 2.32. The summed E-state index contributed by atoms with van der Waals surface area (Å²) in [5.41, 5.74) is 0.0921. The molecule has 2 nitrogen and oxygen atoms in total. The second-order valence-corrected chi connectivity index (χ2v) is 4.85. The third-order valence-corrected chi connectivity index (χ3v) is 3.09. The van der Waals surface area contributed by atoms with Crippen LogP contribution in [0.1, 0.15) is 11.3 Å². The predicted molar refractivity (Wildman–Crippen MR) is 77.5 cm³/mol. The molecule has 1 heterocycles. The maximum atomic E-state index is 12.7. The maximum absolute atomic E-state index is 12.7. The van der Waals surface area contributed by atoms with Crippen LogP contribution in [0.15, 0.2) is 48.5 Å². The van der Waals surface area contributed by atoms with Crippen LogP contribution >= 0.6 is 11.6 Å². The van der Waals surface area contributed by atoms with Gasteiger partial charge in [0, 0.05) is 19.0 Å². The molecular weight excluding hydrogens is 301 g/mol. The number of hydrogen-bond acceptors (Lipinski definition) is 2. The lowest BCUT2D eigenvalue weighted by Crippen LogP contribution is -2.26. The highest BCUT2D eigenvalue weighted by atomic mass is 35.5. The molecule has 0 aliphatic carbocycles. The molecule has 2 rings (SSSR count). The lowest BCUT2D eigenvalue weighted by molar-refractivity contribution is -0.141. The van der Waals surface area contributed by atoms with E-state index in [1.54, 1.807) is 11.0 Å².